The molecule has 0 radical (unpaired) electrons. The number of methoxy groups -OCH3 is 3. The van der Waals surface area contributed by atoms with Crippen LogP contribution in [0.1, 0.15) is 116 Å². The molecule has 18 nitrogen and oxygen atoms in total. The first kappa shape index (κ1) is 50.2. The first-order chi connectivity index (χ1) is 24.4. The van der Waals surface area contributed by atoms with Crippen molar-refractivity contribution in [1.82, 2.24) is 14.7 Å². The maximum atomic E-state index is 12.2. The van der Waals surface area contributed by atoms with E-state index >= 15 is 0 Å². The molecule has 3 heterocycles. The molecule has 3 aliphatic heterocycles. The van der Waals surface area contributed by atoms with E-state index in [0.717, 1.165) is 14.7 Å². The number of hydrogen-bond donors (Lipinski definition) is 0. The van der Waals surface area contributed by atoms with Gasteiger partial charge in [-0.3, -0.25) is 14.4 Å². The number of imide groups is 3. The van der Waals surface area contributed by atoms with Crippen molar-refractivity contribution in [1.29, 1.82) is 0 Å². The molecule has 3 rings (SSSR count). The molecular formula is C37H61N3O15. The standard InChI is InChI=1S/C13H21NO5.C12H19NO5.C11H17NO5.CH4/c1-12(2,3)19-11(17)14-8(9(15)18-6)7-13(4,5)10(14)16;1-7-6-8(10(15)17-5)13(9(7)14)11(16)18-12(2,3)4;1-11(2,3)17-10(15)12-7(9(14)16-4)5-6-8(12)13;/h8H,7H2,1-6H3;7-8H,6H2,1-5H3;7H,5-6H2,1-4H3;1H4/t8-;7?,8-;7-;/m000./s1. The van der Waals surface area contributed by atoms with Crippen LogP contribution in [-0.4, -0.2) is 125 Å². The summed E-state index contributed by atoms with van der Waals surface area (Å²) in [6.45, 7) is 20.3. The second-order valence-electron chi connectivity index (χ2n) is 16.5. The minimum atomic E-state index is -0.914. The molecule has 314 valence electrons. The summed E-state index contributed by atoms with van der Waals surface area (Å²) >= 11 is 0. The number of carbonyl (C=O) groups is 9. The van der Waals surface area contributed by atoms with Gasteiger partial charge in [0.05, 0.1) is 21.3 Å². The van der Waals surface area contributed by atoms with Gasteiger partial charge in [-0.25, -0.2) is 43.5 Å². The van der Waals surface area contributed by atoms with E-state index in [9.17, 15) is 43.2 Å². The molecule has 0 aliphatic carbocycles. The van der Waals surface area contributed by atoms with E-state index in [1.165, 1.54) is 21.3 Å². The molecule has 3 saturated heterocycles. The SMILES string of the molecule is C.COC(=O)[C@@H]1CC(C)(C)C(=O)N1C(=O)OC(C)(C)C.COC(=O)[C@@H]1CC(C)C(=O)N1C(=O)OC(C)(C)C.COC(=O)[C@@H]1CCC(=O)N1C(=O)OC(C)(C)C. The predicted octanol–water partition coefficient (Wildman–Crippen LogP) is 4.77. The second-order valence-corrected chi connectivity index (χ2v) is 16.5. The third-order valence-corrected chi connectivity index (χ3v) is 7.76. The maximum absolute atomic E-state index is 12.2. The minimum absolute atomic E-state index is 0. The Morgan fingerprint density at radius 2 is 0.964 bits per heavy atom. The van der Waals surface area contributed by atoms with Crippen molar-refractivity contribution in [2.75, 3.05) is 21.3 Å². The summed E-state index contributed by atoms with van der Waals surface area (Å²) in [6.07, 6.45) is -1.46. The van der Waals surface area contributed by atoms with Gasteiger partial charge in [-0.05, 0) is 81.6 Å². The van der Waals surface area contributed by atoms with Crippen LogP contribution in [0.25, 0.3) is 0 Å². The molecule has 1 unspecified atom stereocenters. The number of hydrogen-bond acceptors (Lipinski definition) is 15. The van der Waals surface area contributed by atoms with Crippen molar-refractivity contribution < 1.29 is 71.6 Å². The molecule has 0 spiro atoms. The highest BCUT2D eigenvalue weighted by Gasteiger charge is 2.53. The van der Waals surface area contributed by atoms with Gasteiger partial charge in [0.1, 0.15) is 34.9 Å². The number of rotatable bonds is 3. The molecule has 3 aliphatic rings. The van der Waals surface area contributed by atoms with Crippen LogP contribution < -0.4 is 0 Å². The molecule has 4 atom stereocenters. The first-order valence-corrected chi connectivity index (χ1v) is 17.3. The largest absolute Gasteiger partial charge is 0.467 e. The van der Waals surface area contributed by atoms with E-state index in [1.807, 2.05) is 0 Å². The van der Waals surface area contributed by atoms with Gasteiger partial charge in [0.2, 0.25) is 17.7 Å². The lowest BCUT2D eigenvalue weighted by molar-refractivity contribution is -0.149. The average Bonchev–Trinajstić information content (AvgIpc) is 3.63. The van der Waals surface area contributed by atoms with Crippen LogP contribution in [0.2, 0.25) is 0 Å². The fraction of sp³-hybridized carbons (Fsp3) is 0.757. The molecule has 0 aromatic rings. The zero-order valence-electron chi connectivity index (χ0n) is 34.1. The quantitative estimate of drug-likeness (QED) is 0.278. The molecule has 3 fully saturated rings. The Balaban J connectivity index is 0.000000789. The van der Waals surface area contributed by atoms with Crippen molar-refractivity contribution in [2.24, 2.45) is 11.3 Å². The minimum Gasteiger partial charge on any atom is -0.467 e. The summed E-state index contributed by atoms with van der Waals surface area (Å²) in [5, 5.41) is 0. The summed E-state index contributed by atoms with van der Waals surface area (Å²) in [6, 6.07) is -2.66. The topological polar surface area (TPSA) is 219 Å². The smallest absolute Gasteiger partial charge is 0.417 e. The maximum Gasteiger partial charge on any atom is 0.417 e. The Hall–Kier alpha value is -4.77. The van der Waals surface area contributed by atoms with E-state index in [2.05, 4.69) is 14.2 Å². The van der Waals surface area contributed by atoms with Crippen molar-refractivity contribution >= 4 is 53.9 Å². The van der Waals surface area contributed by atoms with Gasteiger partial charge in [0.15, 0.2) is 0 Å². The van der Waals surface area contributed by atoms with Crippen LogP contribution in [0.4, 0.5) is 14.4 Å². The highest BCUT2D eigenvalue weighted by molar-refractivity contribution is 6.02. The number of esters is 3. The lowest BCUT2D eigenvalue weighted by Gasteiger charge is -2.26. The van der Waals surface area contributed by atoms with Crippen LogP contribution in [0.5, 0.6) is 0 Å². The van der Waals surface area contributed by atoms with Crippen molar-refractivity contribution in [2.45, 2.75) is 151 Å². The number of ether oxygens (including phenoxy) is 6. The molecule has 0 bridgehead atoms. The Morgan fingerprint density at radius 3 is 1.36 bits per heavy atom. The third-order valence-electron chi connectivity index (χ3n) is 7.76. The number of carbonyl (C=O) groups excluding carboxylic acids is 9. The lowest BCUT2D eigenvalue weighted by atomic mass is 9.90. The zero-order valence-corrected chi connectivity index (χ0v) is 34.1. The molecular weight excluding hydrogens is 726 g/mol. The summed E-state index contributed by atoms with van der Waals surface area (Å²) < 4.78 is 29.2. The highest BCUT2D eigenvalue weighted by atomic mass is 16.6. The van der Waals surface area contributed by atoms with E-state index < -0.39 is 94.3 Å². The van der Waals surface area contributed by atoms with Gasteiger partial charge in [0, 0.05) is 17.8 Å². The summed E-state index contributed by atoms with van der Waals surface area (Å²) in [7, 11) is 3.67. The van der Waals surface area contributed by atoms with Gasteiger partial charge in [-0.2, -0.15) is 0 Å². The molecule has 55 heavy (non-hydrogen) atoms. The van der Waals surface area contributed by atoms with Crippen molar-refractivity contribution in [3.63, 3.8) is 0 Å². The van der Waals surface area contributed by atoms with E-state index in [0.29, 0.717) is 0 Å². The summed E-state index contributed by atoms with van der Waals surface area (Å²) in [5.41, 5.74) is -2.94. The third kappa shape index (κ3) is 14.1. The van der Waals surface area contributed by atoms with Crippen LogP contribution in [0.15, 0.2) is 0 Å². The molecule has 0 saturated carbocycles. The van der Waals surface area contributed by atoms with Crippen LogP contribution in [0.3, 0.4) is 0 Å². The highest BCUT2D eigenvalue weighted by Crippen LogP contribution is 2.37. The summed E-state index contributed by atoms with van der Waals surface area (Å²) in [4.78, 5) is 109. The van der Waals surface area contributed by atoms with Gasteiger partial charge in [0.25, 0.3) is 0 Å². The number of amides is 6. The predicted molar refractivity (Wildman–Crippen MR) is 195 cm³/mol. The van der Waals surface area contributed by atoms with E-state index in [-0.39, 0.29) is 39.0 Å². The average molecular weight is 788 g/mol. The van der Waals surface area contributed by atoms with Crippen LogP contribution in [0, 0.1) is 11.3 Å². The number of likely N-dealkylation sites (tertiary alicyclic amines) is 3. The Bertz CT molecular complexity index is 1470. The molecule has 0 aromatic heterocycles. The van der Waals surface area contributed by atoms with Crippen LogP contribution in [-0.2, 0) is 57.2 Å². The number of nitrogens with zero attached hydrogens (tertiary/aromatic N) is 3. The lowest BCUT2D eigenvalue weighted by Crippen LogP contribution is -2.46. The second kappa shape index (κ2) is 19.2. The Morgan fingerprint density at radius 1 is 0.600 bits per heavy atom. The monoisotopic (exact) mass is 787 g/mol. The van der Waals surface area contributed by atoms with Gasteiger partial charge >= 0.3 is 36.2 Å². The van der Waals surface area contributed by atoms with E-state index in [4.69, 9.17) is 14.2 Å². The van der Waals surface area contributed by atoms with E-state index in [1.54, 1.807) is 83.1 Å². The fourth-order valence-electron chi connectivity index (χ4n) is 5.36. The van der Waals surface area contributed by atoms with Crippen LogP contribution >= 0.6 is 0 Å². The summed E-state index contributed by atoms with van der Waals surface area (Å²) in [5.74, 6) is -3.42. The molecule has 0 aromatic carbocycles. The zero-order chi connectivity index (χ0) is 42.3. The van der Waals surface area contributed by atoms with Crippen molar-refractivity contribution in [3.05, 3.63) is 0 Å². The Kier molecular flexibility index (Phi) is 17.5. The van der Waals surface area contributed by atoms with Gasteiger partial charge in [-0.15, -0.1) is 0 Å². The normalized spacial score (nSPS) is 21.9. The molecule has 6 amide bonds. The first-order valence-electron chi connectivity index (χ1n) is 17.3. The molecule has 0 N–H and O–H groups in total. The Labute approximate surface area is 323 Å². The fourth-order valence-corrected chi connectivity index (χ4v) is 5.36. The van der Waals surface area contributed by atoms with Crippen molar-refractivity contribution in [3.8, 4) is 0 Å². The molecule has 18 heteroatoms. The van der Waals surface area contributed by atoms with Gasteiger partial charge in [-0.1, -0.05) is 28.2 Å². The van der Waals surface area contributed by atoms with Gasteiger partial charge < -0.3 is 28.4 Å².